The van der Waals surface area contributed by atoms with Crippen molar-refractivity contribution in [1.82, 2.24) is 10.0 Å². The first kappa shape index (κ1) is 26.4. The van der Waals surface area contributed by atoms with Crippen LogP contribution in [0.15, 0.2) is 47.4 Å². The fourth-order valence-electron chi connectivity index (χ4n) is 2.73. The van der Waals surface area contributed by atoms with E-state index in [1.54, 1.807) is 13.8 Å². The summed E-state index contributed by atoms with van der Waals surface area (Å²) in [4.78, 5) is 12.2. The molecule has 1 atom stereocenters. The average Bonchev–Trinajstić information content (AvgIpc) is 2.74. The summed E-state index contributed by atoms with van der Waals surface area (Å²) in [5.41, 5.74) is -0.883. The van der Waals surface area contributed by atoms with E-state index >= 15 is 0 Å². The number of amides is 1. The molecule has 2 aromatic rings. The Morgan fingerprint density at radius 3 is 2.45 bits per heavy atom. The number of carbonyl (C=O) groups excluding carboxylic acids is 1. The van der Waals surface area contributed by atoms with Gasteiger partial charge in [0.05, 0.1) is 12.7 Å². The van der Waals surface area contributed by atoms with Gasteiger partial charge < -0.3 is 19.9 Å². The van der Waals surface area contributed by atoms with E-state index in [-0.39, 0.29) is 41.2 Å². The Hall–Kier alpha value is -2.83. The second-order valence-electron chi connectivity index (χ2n) is 7.34. The van der Waals surface area contributed by atoms with Gasteiger partial charge in [-0.2, -0.15) is 13.2 Å². The summed E-state index contributed by atoms with van der Waals surface area (Å²) in [7, 11) is -2.65. The number of carbonyl (C=O) groups is 1. The van der Waals surface area contributed by atoms with Gasteiger partial charge in [0.15, 0.2) is 0 Å². The molecule has 0 bridgehead atoms. The zero-order valence-electron chi connectivity index (χ0n) is 18.1. The van der Waals surface area contributed by atoms with Gasteiger partial charge >= 0.3 is 6.18 Å². The summed E-state index contributed by atoms with van der Waals surface area (Å²) in [5, 5.41) is 12.4. The molecule has 2 aromatic carbocycles. The third-order valence-electron chi connectivity index (χ3n) is 4.21. The highest BCUT2D eigenvalue weighted by Gasteiger charge is 2.30. The van der Waals surface area contributed by atoms with Crippen LogP contribution < -0.4 is 19.5 Å². The summed E-state index contributed by atoms with van der Waals surface area (Å²) in [5.74, 6) is -0.705. The van der Waals surface area contributed by atoms with Gasteiger partial charge in [-0.15, -0.1) is 0 Å². The van der Waals surface area contributed by atoms with Crippen molar-refractivity contribution in [3.8, 4) is 11.5 Å². The molecule has 0 saturated carbocycles. The molecule has 2 rings (SSSR count). The Labute approximate surface area is 189 Å². The number of alkyl halides is 3. The molecular formula is C21H25F3N2O6S. The number of methoxy groups -OCH3 is 1. The lowest BCUT2D eigenvalue weighted by Crippen LogP contribution is -2.35. The Morgan fingerprint density at radius 1 is 1.15 bits per heavy atom. The fraction of sp³-hybridized carbons (Fsp3) is 0.381. The van der Waals surface area contributed by atoms with E-state index in [1.807, 2.05) is 0 Å². The van der Waals surface area contributed by atoms with Crippen LogP contribution in [0.25, 0.3) is 0 Å². The molecule has 0 fully saturated rings. The number of benzene rings is 2. The van der Waals surface area contributed by atoms with Crippen molar-refractivity contribution >= 4 is 15.9 Å². The normalized spacial score (nSPS) is 13.0. The van der Waals surface area contributed by atoms with Crippen LogP contribution >= 0.6 is 0 Å². The van der Waals surface area contributed by atoms with Gasteiger partial charge in [-0.3, -0.25) is 4.79 Å². The number of ether oxygens (including phenoxy) is 2. The molecule has 0 saturated heterocycles. The van der Waals surface area contributed by atoms with Crippen LogP contribution in [0.5, 0.6) is 11.5 Å². The number of rotatable bonds is 10. The molecule has 3 N–H and O–H groups in total. The Morgan fingerprint density at radius 2 is 1.85 bits per heavy atom. The van der Waals surface area contributed by atoms with E-state index in [9.17, 15) is 31.5 Å². The van der Waals surface area contributed by atoms with Crippen LogP contribution in [0, 0.1) is 0 Å². The highest BCUT2D eigenvalue weighted by Crippen LogP contribution is 2.31. The summed E-state index contributed by atoms with van der Waals surface area (Å²) in [6.45, 7) is 2.63. The molecule has 0 spiro atoms. The van der Waals surface area contributed by atoms with E-state index in [4.69, 9.17) is 9.47 Å². The van der Waals surface area contributed by atoms with E-state index in [2.05, 4.69) is 10.0 Å². The van der Waals surface area contributed by atoms with Crippen LogP contribution in [0.3, 0.4) is 0 Å². The number of hydrogen-bond acceptors (Lipinski definition) is 6. The zero-order chi connectivity index (χ0) is 24.8. The third-order valence-corrected chi connectivity index (χ3v) is 5.89. The lowest BCUT2D eigenvalue weighted by atomic mass is 10.2. The standard InChI is InChI=1S/C21H25F3N2O6S/c1-13(2)26-33(29,30)19-9-14(7-8-18(19)31-3)20(28)25-11-16(27)12-32-17-6-4-5-15(10-17)21(22,23)24/h4-10,13,16,26-27H,11-12H2,1-3H3,(H,25,28). The van der Waals surface area contributed by atoms with Crippen molar-refractivity contribution in [2.45, 2.75) is 37.1 Å². The summed E-state index contributed by atoms with van der Waals surface area (Å²) in [6.07, 6.45) is -5.76. The number of aliphatic hydroxyl groups excluding tert-OH is 1. The van der Waals surface area contributed by atoms with E-state index < -0.39 is 33.8 Å². The number of sulfonamides is 1. The molecule has 0 aliphatic rings. The Kier molecular flexibility index (Phi) is 8.69. The summed E-state index contributed by atoms with van der Waals surface area (Å²) >= 11 is 0. The second kappa shape index (κ2) is 10.9. The predicted molar refractivity (Wildman–Crippen MR) is 114 cm³/mol. The summed E-state index contributed by atoms with van der Waals surface area (Å²) in [6, 6.07) is 7.62. The average molecular weight is 491 g/mol. The van der Waals surface area contributed by atoms with Crippen molar-refractivity contribution in [1.29, 1.82) is 0 Å². The Balaban J connectivity index is 2.01. The third kappa shape index (κ3) is 7.62. The number of halogens is 3. The Bertz CT molecular complexity index is 1070. The first-order valence-electron chi connectivity index (χ1n) is 9.80. The highest BCUT2D eigenvalue weighted by molar-refractivity contribution is 7.89. The van der Waals surface area contributed by atoms with Crippen molar-refractivity contribution < 1.29 is 41.0 Å². The largest absolute Gasteiger partial charge is 0.495 e. The minimum absolute atomic E-state index is 0.00549. The maximum Gasteiger partial charge on any atom is 0.416 e. The van der Waals surface area contributed by atoms with Gasteiger partial charge in [0.25, 0.3) is 5.91 Å². The van der Waals surface area contributed by atoms with Crippen LogP contribution in [0.1, 0.15) is 29.8 Å². The lowest BCUT2D eigenvalue weighted by Gasteiger charge is -2.16. The maximum atomic E-state index is 12.7. The molecule has 0 heterocycles. The molecule has 33 heavy (non-hydrogen) atoms. The van der Waals surface area contributed by atoms with Gasteiger partial charge in [-0.1, -0.05) is 6.07 Å². The fourth-order valence-corrected chi connectivity index (χ4v) is 4.17. The van der Waals surface area contributed by atoms with Gasteiger partial charge in [0.1, 0.15) is 29.1 Å². The predicted octanol–water partition coefficient (Wildman–Crippen LogP) is 2.57. The van der Waals surface area contributed by atoms with E-state index in [0.29, 0.717) is 0 Å². The number of hydrogen-bond donors (Lipinski definition) is 3. The van der Waals surface area contributed by atoms with Gasteiger partial charge in [0, 0.05) is 18.2 Å². The van der Waals surface area contributed by atoms with Crippen LogP contribution in [-0.4, -0.2) is 51.8 Å². The van der Waals surface area contributed by atoms with Gasteiger partial charge in [-0.05, 0) is 50.2 Å². The van der Waals surface area contributed by atoms with Crippen molar-refractivity contribution in [3.05, 3.63) is 53.6 Å². The quantitative estimate of drug-likeness (QED) is 0.472. The molecule has 12 heteroatoms. The van der Waals surface area contributed by atoms with Gasteiger partial charge in [-0.25, -0.2) is 13.1 Å². The first-order valence-corrected chi connectivity index (χ1v) is 11.3. The minimum atomic E-state index is -4.53. The van der Waals surface area contributed by atoms with Crippen molar-refractivity contribution in [3.63, 3.8) is 0 Å². The monoisotopic (exact) mass is 490 g/mol. The highest BCUT2D eigenvalue weighted by atomic mass is 32.2. The van der Waals surface area contributed by atoms with E-state index in [1.165, 1.54) is 31.4 Å². The van der Waals surface area contributed by atoms with Crippen LogP contribution in [-0.2, 0) is 16.2 Å². The maximum absolute atomic E-state index is 12.7. The minimum Gasteiger partial charge on any atom is -0.495 e. The first-order chi connectivity index (χ1) is 15.3. The number of nitrogens with one attached hydrogen (secondary N) is 2. The lowest BCUT2D eigenvalue weighted by molar-refractivity contribution is -0.137. The molecule has 1 unspecified atom stereocenters. The second-order valence-corrected chi connectivity index (χ2v) is 9.02. The molecule has 182 valence electrons. The van der Waals surface area contributed by atoms with Gasteiger partial charge in [0.2, 0.25) is 10.0 Å². The van der Waals surface area contributed by atoms with Crippen molar-refractivity contribution in [2.75, 3.05) is 20.3 Å². The molecule has 0 aliphatic carbocycles. The molecule has 1 amide bonds. The van der Waals surface area contributed by atoms with Crippen molar-refractivity contribution in [2.24, 2.45) is 0 Å². The topological polar surface area (TPSA) is 114 Å². The zero-order valence-corrected chi connectivity index (χ0v) is 19.0. The molecule has 8 nitrogen and oxygen atoms in total. The SMILES string of the molecule is COc1ccc(C(=O)NCC(O)COc2cccc(C(F)(F)F)c2)cc1S(=O)(=O)NC(C)C. The van der Waals surface area contributed by atoms with E-state index in [0.717, 1.165) is 18.2 Å². The molecule has 0 aliphatic heterocycles. The number of aliphatic hydroxyl groups is 1. The molecule has 0 radical (unpaired) electrons. The molecular weight excluding hydrogens is 465 g/mol. The van der Waals surface area contributed by atoms with Crippen LogP contribution in [0.2, 0.25) is 0 Å². The molecule has 0 aromatic heterocycles. The van der Waals surface area contributed by atoms with Crippen LogP contribution in [0.4, 0.5) is 13.2 Å². The summed E-state index contributed by atoms with van der Waals surface area (Å²) < 4.78 is 75.9. The smallest absolute Gasteiger partial charge is 0.416 e.